The third-order valence-corrected chi connectivity index (χ3v) is 10.2. The summed E-state index contributed by atoms with van der Waals surface area (Å²) in [6.07, 6.45) is 10.4. The van der Waals surface area contributed by atoms with Crippen LogP contribution in [0.2, 0.25) is 0 Å². The number of hydrogen-bond donors (Lipinski definition) is 2. The summed E-state index contributed by atoms with van der Waals surface area (Å²) in [4.78, 5) is 10.7. The van der Waals surface area contributed by atoms with Crippen molar-refractivity contribution in [2.75, 3.05) is 10.6 Å². The van der Waals surface area contributed by atoms with E-state index in [9.17, 15) is 10.1 Å². The third-order valence-electron chi connectivity index (χ3n) is 9.70. The van der Waals surface area contributed by atoms with Crippen LogP contribution in [0.15, 0.2) is 65.1 Å². The first-order valence-corrected chi connectivity index (χ1v) is 14.8. The van der Waals surface area contributed by atoms with Gasteiger partial charge in [-0.05, 0) is 78.3 Å². The summed E-state index contributed by atoms with van der Waals surface area (Å²) in [7, 11) is 0. The Kier molecular flexibility index (Phi) is 6.50. The van der Waals surface area contributed by atoms with Crippen molar-refractivity contribution in [3.63, 3.8) is 0 Å². The van der Waals surface area contributed by atoms with Crippen molar-refractivity contribution >= 4 is 33.0 Å². The Balaban J connectivity index is 0.000000152. The number of non-ortho nitro benzene ring substituents is 1. The summed E-state index contributed by atoms with van der Waals surface area (Å²) in [5.41, 5.74) is 8.13. The molecule has 6 heteroatoms. The normalized spacial score (nSPS) is 28.4. The van der Waals surface area contributed by atoms with Gasteiger partial charge >= 0.3 is 0 Å². The molecule has 4 aliphatic rings. The molecule has 2 fully saturated rings. The van der Waals surface area contributed by atoms with Crippen LogP contribution >= 0.6 is 15.9 Å². The molecule has 5 nitrogen and oxygen atoms in total. The van der Waals surface area contributed by atoms with Crippen LogP contribution in [0.5, 0.6) is 0 Å². The standard InChI is InChI=1S/C19H20N2O2.C13H16BrN/c1-19-10-3-2-7-18(19)20-17-9-8-14(12-16(17)19)13-5-4-6-15(11-13)21(22)23;1-13-7-3-2-4-12(13)15-11-6-5-9(14)8-10(11)13/h4-6,8-9,11-12,18,20H,2-3,7,10H2,1H3;5-6,8,12,15H,2-4,7H2,1H3. The second kappa shape index (κ2) is 9.71. The van der Waals surface area contributed by atoms with E-state index in [1.165, 1.54) is 84.4 Å². The molecule has 38 heavy (non-hydrogen) atoms. The predicted molar refractivity (Wildman–Crippen MR) is 159 cm³/mol. The Morgan fingerprint density at radius 2 is 1.37 bits per heavy atom. The summed E-state index contributed by atoms with van der Waals surface area (Å²) >= 11 is 3.58. The fraction of sp³-hybridized carbons (Fsp3) is 0.438. The molecule has 4 atom stereocenters. The highest BCUT2D eigenvalue weighted by atomic mass is 79.9. The summed E-state index contributed by atoms with van der Waals surface area (Å²) in [6, 6.07) is 21.1. The van der Waals surface area contributed by atoms with Crippen molar-refractivity contribution in [1.82, 2.24) is 0 Å². The average Bonchev–Trinajstić information content (AvgIpc) is 3.39. The van der Waals surface area contributed by atoms with Gasteiger partial charge in [-0.1, -0.05) is 73.7 Å². The van der Waals surface area contributed by atoms with Crippen molar-refractivity contribution in [2.24, 2.45) is 0 Å². The highest BCUT2D eigenvalue weighted by molar-refractivity contribution is 9.10. The van der Waals surface area contributed by atoms with Crippen molar-refractivity contribution in [2.45, 2.75) is 88.1 Å². The molecule has 7 rings (SSSR count). The summed E-state index contributed by atoms with van der Waals surface area (Å²) in [5, 5.41) is 18.4. The third kappa shape index (κ3) is 4.31. The number of benzene rings is 3. The maximum Gasteiger partial charge on any atom is 0.270 e. The molecule has 2 aliphatic heterocycles. The molecule has 0 aromatic heterocycles. The number of hydrogen-bond acceptors (Lipinski definition) is 4. The van der Waals surface area contributed by atoms with Gasteiger partial charge in [0.15, 0.2) is 0 Å². The molecule has 0 spiro atoms. The van der Waals surface area contributed by atoms with Gasteiger partial charge in [-0.2, -0.15) is 0 Å². The van der Waals surface area contributed by atoms with Crippen LogP contribution in [-0.4, -0.2) is 17.0 Å². The molecular weight excluding hydrogens is 538 g/mol. The van der Waals surface area contributed by atoms with Crippen molar-refractivity contribution in [1.29, 1.82) is 0 Å². The number of anilines is 2. The molecule has 2 aliphatic carbocycles. The van der Waals surface area contributed by atoms with Gasteiger partial charge in [0.05, 0.1) is 4.92 Å². The number of nitrogens with zero attached hydrogens (tertiary/aromatic N) is 1. The molecule has 198 valence electrons. The minimum Gasteiger partial charge on any atom is -0.381 e. The summed E-state index contributed by atoms with van der Waals surface area (Å²) in [5.74, 6) is 0. The fourth-order valence-corrected chi connectivity index (χ4v) is 7.75. The van der Waals surface area contributed by atoms with Crippen molar-refractivity contribution in [3.05, 3.63) is 86.4 Å². The number of nitro groups is 1. The van der Waals surface area contributed by atoms with Crippen molar-refractivity contribution in [3.8, 4) is 11.1 Å². The van der Waals surface area contributed by atoms with E-state index in [2.05, 4.69) is 76.8 Å². The van der Waals surface area contributed by atoms with E-state index in [4.69, 9.17) is 0 Å². The smallest absolute Gasteiger partial charge is 0.270 e. The zero-order chi connectivity index (χ0) is 26.5. The van der Waals surface area contributed by atoms with Crippen LogP contribution in [-0.2, 0) is 10.8 Å². The Morgan fingerprint density at radius 3 is 2.00 bits per heavy atom. The molecule has 0 radical (unpaired) electrons. The Bertz CT molecular complexity index is 1390. The van der Waals surface area contributed by atoms with Gasteiger partial charge in [-0.15, -0.1) is 0 Å². The molecule has 0 saturated heterocycles. The largest absolute Gasteiger partial charge is 0.381 e. The molecule has 2 N–H and O–H groups in total. The zero-order valence-electron chi connectivity index (χ0n) is 22.2. The van der Waals surface area contributed by atoms with E-state index in [-0.39, 0.29) is 16.0 Å². The minimum atomic E-state index is -0.336. The van der Waals surface area contributed by atoms with Crippen LogP contribution in [0.3, 0.4) is 0 Å². The topological polar surface area (TPSA) is 67.2 Å². The number of nitrogens with one attached hydrogen (secondary N) is 2. The first-order valence-electron chi connectivity index (χ1n) is 14.0. The van der Waals surface area contributed by atoms with Gasteiger partial charge in [0.25, 0.3) is 5.69 Å². The van der Waals surface area contributed by atoms with Crippen LogP contribution in [0.25, 0.3) is 11.1 Å². The van der Waals surface area contributed by atoms with Gasteiger partial charge < -0.3 is 10.6 Å². The van der Waals surface area contributed by atoms with Crippen LogP contribution < -0.4 is 10.6 Å². The highest BCUT2D eigenvalue weighted by Crippen LogP contribution is 2.50. The molecule has 4 unspecified atom stereocenters. The van der Waals surface area contributed by atoms with Crippen LogP contribution in [0.1, 0.15) is 76.3 Å². The number of fused-ring (bicyclic) bond motifs is 6. The lowest BCUT2D eigenvalue weighted by atomic mass is 9.69. The first-order chi connectivity index (χ1) is 18.3. The monoisotopic (exact) mass is 573 g/mol. The van der Waals surface area contributed by atoms with Gasteiger partial charge in [0.1, 0.15) is 0 Å². The number of rotatable bonds is 2. The highest BCUT2D eigenvalue weighted by Gasteiger charge is 2.45. The molecule has 3 aromatic rings. The Labute approximate surface area is 233 Å². The van der Waals surface area contributed by atoms with Crippen LogP contribution in [0, 0.1) is 10.1 Å². The lowest BCUT2D eigenvalue weighted by Crippen LogP contribution is -2.38. The molecule has 0 bridgehead atoms. The average molecular weight is 575 g/mol. The first kappa shape index (κ1) is 25.4. The van der Waals surface area contributed by atoms with E-state index in [0.29, 0.717) is 17.5 Å². The van der Waals surface area contributed by atoms with Gasteiger partial charge in [-0.25, -0.2) is 0 Å². The predicted octanol–water partition coefficient (Wildman–Crippen LogP) is 8.96. The summed E-state index contributed by atoms with van der Waals surface area (Å²) < 4.78 is 1.20. The molecule has 2 heterocycles. The van der Waals surface area contributed by atoms with E-state index in [0.717, 1.165) is 11.1 Å². The maximum absolute atomic E-state index is 11.0. The molecule has 0 amide bonds. The lowest BCUT2D eigenvalue weighted by Gasteiger charge is -2.36. The quantitative estimate of drug-likeness (QED) is 0.237. The Morgan fingerprint density at radius 1 is 0.789 bits per heavy atom. The maximum atomic E-state index is 11.0. The second-order valence-corrected chi connectivity index (χ2v) is 12.9. The molecule has 2 saturated carbocycles. The second-order valence-electron chi connectivity index (χ2n) is 12.0. The van der Waals surface area contributed by atoms with Crippen LogP contribution in [0.4, 0.5) is 17.1 Å². The van der Waals surface area contributed by atoms with Gasteiger partial charge in [0.2, 0.25) is 0 Å². The minimum absolute atomic E-state index is 0.142. The van der Waals surface area contributed by atoms with Gasteiger partial charge in [0, 0.05) is 50.9 Å². The number of nitro benzene ring substituents is 1. The SMILES string of the molecule is CC12CCCCC1Nc1ccc(-c3cccc([N+](=O)[O-])c3)cc12.CC12CCCCC1Nc1ccc(Br)cc12. The molecule has 3 aromatic carbocycles. The van der Waals surface area contributed by atoms with E-state index in [1.54, 1.807) is 12.1 Å². The van der Waals surface area contributed by atoms with E-state index < -0.39 is 0 Å². The van der Waals surface area contributed by atoms with E-state index in [1.807, 2.05) is 6.07 Å². The van der Waals surface area contributed by atoms with Crippen molar-refractivity contribution < 1.29 is 4.92 Å². The van der Waals surface area contributed by atoms with Gasteiger partial charge in [-0.3, -0.25) is 10.1 Å². The summed E-state index contributed by atoms with van der Waals surface area (Å²) in [6.45, 7) is 4.77. The lowest BCUT2D eigenvalue weighted by molar-refractivity contribution is -0.384. The zero-order valence-corrected chi connectivity index (χ0v) is 23.8. The fourth-order valence-electron chi connectivity index (χ4n) is 7.39. The number of halogens is 1. The van der Waals surface area contributed by atoms with E-state index >= 15 is 0 Å². The Hall–Kier alpha value is -2.86. The molecular formula is C32H36BrN3O2.